The Bertz CT molecular complexity index is 572. The Hall–Kier alpha value is -1.62. The lowest BCUT2D eigenvalue weighted by Gasteiger charge is -2.32. The Labute approximate surface area is 132 Å². The molecule has 1 saturated heterocycles. The Balaban J connectivity index is 1.61. The molecule has 0 bridgehead atoms. The Morgan fingerprint density at radius 3 is 3.09 bits per heavy atom. The molecule has 0 spiro atoms. The zero-order valence-corrected chi connectivity index (χ0v) is 13.8. The van der Waals surface area contributed by atoms with Crippen molar-refractivity contribution in [1.82, 2.24) is 24.9 Å². The number of H-pyrrole nitrogens is 1. The average molecular weight is 301 g/mol. The molecule has 2 aromatic heterocycles. The average Bonchev–Trinajstić information content (AvgIpc) is 3.16. The molecule has 1 fully saturated rings. The highest BCUT2D eigenvalue weighted by atomic mass is 15.3. The van der Waals surface area contributed by atoms with Crippen molar-refractivity contribution in [3.05, 3.63) is 35.4 Å². The molecule has 0 unspecified atom stereocenters. The molecule has 1 aliphatic heterocycles. The molecule has 2 aromatic rings. The molecule has 0 aliphatic carbocycles. The van der Waals surface area contributed by atoms with E-state index in [0.29, 0.717) is 5.92 Å². The van der Waals surface area contributed by atoms with E-state index in [4.69, 9.17) is 0 Å². The van der Waals surface area contributed by atoms with Gasteiger partial charge >= 0.3 is 0 Å². The second-order valence-corrected chi connectivity index (χ2v) is 6.44. The van der Waals surface area contributed by atoms with Crippen molar-refractivity contribution < 1.29 is 0 Å². The number of piperidine rings is 1. The number of hydrogen-bond acceptors (Lipinski definition) is 3. The highest BCUT2D eigenvalue weighted by molar-refractivity contribution is 5.16. The van der Waals surface area contributed by atoms with Crippen LogP contribution in [-0.2, 0) is 13.1 Å². The van der Waals surface area contributed by atoms with Crippen LogP contribution in [0.2, 0.25) is 0 Å². The van der Waals surface area contributed by atoms with E-state index in [1.165, 1.54) is 49.2 Å². The molecule has 3 heterocycles. The maximum absolute atomic E-state index is 4.66. The third-order valence-corrected chi connectivity index (χ3v) is 4.65. The van der Waals surface area contributed by atoms with Gasteiger partial charge < -0.3 is 0 Å². The highest BCUT2D eigenvalue weighted by Gasteiger charge is 2.23. The Morgan fingerprint density at radius 1 is 1.41 bits per heavy atom. The molecule has 120 valence electrons. The number of nitrogens with one attached hydrogen (secondary N) is 1. The minimum atomic E-state index is 0.590. The van der Waals surface area contributed by atoms with E-state index in [1.54, 1.807) is 0 Å². The van der Waals surface area contributed by atoms with Crippen molar-refractivity contribution in [3.8, 4) is 0 Å². The third kappa shape index (κ3) is 3.58. The summed E-state index contributed by atoms with van der Waals surface area (Å²) in [6.07, 6.45) is 9.03. The number of hydrogen-bond donors (Lipinski definition) is 1. The van der Waals surface area contributed by atoms with E-state index >= 15 is 0 Å². The van der Waals surface area contributed by atoms with Gasteiger partial charge in [0, 0.05) is 49.2 Å². The summed E-state index contributed by atoms with van der Waals surface area (Å²) >= 11 is 0. The van der Waals surface area contributed by atoms with E-state index in [1.807, 2.05) is 6.20 Å². The van der Waals surface area contributed by atoms with Crippen molar-refractivity contribution in [2.24, 2.45) is 0 Å². The molecule has 0 saturated carbocycles. The first-order valence-electron chi connectivity index (χ1n) is 8.51. The Kier molecular flexibility index (Phi) is 4.93. The maximum atomic E-state index is 4.66. The van der Waals surface area contributed by atoms with Gasteiger partial charge in [-0.1, -0.05) is 13.3 Å². The van der Waals surface area contributed by atoms with Crippen molar-refractivity contribution in [1.29, 1.82) is 0 Å². The van der Waals surface area contributed by atoms with Crippen LogP contribution in [0.3, 0.4) is 0 Å². The first-order valence-corrected chi connectivity index (χ1v) is 8.51. The second-order valence-electron chi connectivity index (χ2n) is 6.44. The number of unbranched alkanes of at least 4 members (excludes halogenated alkanes) is 1. The molecule has 1 aliphatic rings. The molecule has 5 nitrogen and oxygen atoms in total. The van der Waals surface area contributed by atoms with Crippen molar-refractivity contribution >= 4 is 0 Å². The summed E-state index contributed by atoms with van der Waals surface area (Å²) < 4.78 is 2.12. The molecule has 0 radical (unpaired) electrons. The molecule has 22 heavy (non-hydrogen) atoms. The fourth-order valence-corrected chi connectivity index (χ4v) is 3.34. The van der Waals surface area contributed by atoms with Gasteiger partial charge in [-0.25, -0.2) is 0 Å². The number of rotatable bonds is 6. The summed E-state index contributed by atoms with van der Waals surface area (Å²) in [5.74, 6) is 0.590. The number of aromatic nitrogens is 4. The van der Waals surface area contributed by atoms with Gasteiger partial charge in [-0.2, -0.15) is 10.2 Å². The first-order chi connectivity index (χ1) is 10.8. The number of nitrogens with zero attached hydrogens (tertiary/aromatic N) is 4. The van der Waals surface area contributed by atoms with Crippen LogP contribution >= 0.6 is 0 Å². The first kappa shape index (κ1) is 15.3. The predicted molar refractivity (Wildman–Crippen MR) is 87.7 cm³/mol. The fourth-order valence-electron chi connectivity index (χ4n) is 3.34. The lowest BCUT2D eigenvalue weighted by molar-refractivity contribution is 0.198. The van der Waals surface area contributed by atoms with Gasteiger partial charge in [0.05, 0.1) is 5.69 Å². The summed E-state index contributed by atoms with van der Waals surface area (Å²) in [7, 11) is 0. The normalized spacial score (nSPS) is 19.6. The summed E-state index contributed by atoms with van der Waals surface area (Å²) in [6, 6.07) is 2.11. The monoisotopic (exact) mass is 301 g/mol. The highest BCUT2D eigenvalue weighted by Crippen LogP contribution is 2.26. The zero-order valence-electron chi connectivity index (χ0n) is 13.8. The van der Waals surface area contributed by atoms with Crippen LogP contribution in [0.1, 0.15) is 55.5 Å². The molecule has 5 heteroatoms. The molecular weight excluding hydrogens is 274 g/mol. The summed E-state index contributed by atoms with van der Waals surface area (Å²) in [5.41, 5.74) is 3.83. The van der Waals surface area contributed by atoms with E-state index < -0.39 is 0 Å². The second kappa shape index (κ2) is 7.09. The lowest BCUT2D eigenvalue weighted by atomic mass is 9.94. The molecule has 1 N–H and O–H groups in total. The molecular formula is C17H27N5. The van der Waals surface area contributed by atoms with Crippen LogP contribution in [0.15, 0.2) is 18.5 Å². The van der Waals surface area contributed by atoms with Crippen molar-refractivity contribution in [2.45, 2.75) is 58.5 Å². The molecule has 0 amide bonds. The van der Waals surface area contributed by atoms with E-state index in [-0.39, 0.29) is 0 Å². The van der Waals surface area contributed by atoms with E-state index in [0.717, 1.165) is 19.6 Å². The molecule has 1 atom stereocenters. The predicted octanol–water partition coefficient (Wildman–Crippen LogP) is 3.09. The van der Waals surface area contributed by atoms with Gasteiger partial charge in [-0.05, 0) is 38.8 Å². The van der Waals surface area contributed by atoms with Crippen molar-refractivity contribution in [2.75, 3.05) is 13.1 Å². The van der Waals surface area contributed by atoms with Crippen LogP contribution in [0.5, 0.6) is 0 Å². The van der Waals surface area contributed by atoms with E-state index in [2.05, 4.69) is 51.0 Å². The molecule has 0 aromatic carbocycles. The molecule has 3 rings (SSSR count). The van der Waals surface area contributed by atoms with Crippen LogP contribution in [-0.4, -0.2) is 38.0 Å². The van der Waals surface area contributed by atoms with Crippen LogP contribution in [0.4, 0.5) is 0 Å². The number of aryl methyl sites for hydroxylation is 2. The zero-order chi connectivity index (χ0) is 15.4. The van der Waals surface area contributed by atoms with Gasteiger partial charge in [0.1, 0.15) is 0 Å². The van der Waals surface area contributed by atoms with Gasteiger partial charge in [0.25, 0.3) is 0 Å². The fraction of sp³-hybridized carbons (Fsp3) is 0.647. The number of likely N-dealkylation sites (tertiary alicyclic amines) is 1. The number of aromatic amines is 1. The SMILES string of the molecule is CCCCn1cc(CN2CCC[C@H](c3ccn[nH]3)C2)c(C)n1. The smallest absolute Gasteiger partial charge is 0.0638 e. The van der Waals surface area contributed by atoms with Crippen LogP contribution in [0, 0.1) is 6.92 Å². The van der Waals surface area contributed by atoms with E-state index in [9.17, 15) is 0 Å². The van der Waals surface area contributed by atoms with Crippen LogP contribution < -0.4 is 0 Å². The maximum Gasteiger partial charge on any atom is 0.0638 e. The van der Waals surface area contributed by atoms with Gasteiger partial charge in [0.15, 0.2) is 0 Å². The summed E-state index contributed by atoms with van der Waals surface area (Å²) in [5, 5.41) is 11.9. The standard InChI is InChI=1S/C17H27N5/c1-3-4-10-22-13-16(14(2)20-22)12-21-9-5-6-15(11-21)17-7-8-18-19-17/h7-8,13,15H,3-6,9-12H2,1-2H3,(H,18,19)/t15-/m0/s1. The summed E-state index contributed by atoms with van der Waals surface area (Å²) in [4.78, 5) is 2.56. The minimum absolute atomic E-state index is 0.590. The third-order valence-electron chi connectivity index (χ3n) is 4.65. The van der Waals surface area contributed by atoms with Gasteiger partial charge in [-0.15, -0.1) is 0 Å². The topological polar surface area (TPSA) is 49.7 Å². The van der Waals surface area contributed by atoms with Crippen LogP contribution in [0.25, 0.3) is 0 Å². The van der Waals surface area contributed by atoms with Crippen molar-refractivity contribution in [3.63, 3.8) is 0 Å². The lowest BCUT2D eigenvalue weighted by Crippen LogP contribution is -2.34. The minimum Gasteiger partial charge on any atom is -0.298 e. The quantitative estimate of drug-likeness (QED) is 0.892. The summed E-state index contributed by atoms with van der Waals surface area (Å²) in [6.45, 7) is 8.71. The largest absolute Gasteiger partial charge is 0.298 e. The van der Waals surface area contributed by atoms with Gasteiger partial charge in [-0.3, -0.25) is 14.7 Å². The van der Waals surface area contributed by atoms with Gasteiger partial charge in [0.2, 0.25) is 0 Å². The Morgan fingerprint density at radius 2 is 2.32 bits per heavy atom.